The summed E-state index contributed by atoms with van der Waals surface area (Å²) in [5, 5.41) is 7.18. The lowest BCUT2D eigenvalue weighted by Crippen LogP contribution is -2.13. The fraction of sp³-hybridized carbons (Fsp3) is 0.125. The van der Waals surface area contributed by atoms with E-state index >= 15 is 0 Å². The molecule has 3 aromatic rings. The molecule has 0 aliphatic heterocycles. The molecule has 0 fully saturated rings. The van der Waals surface area contributed by atoms with Crippen molar-refractivity contribution in [2.75, 3.05) is 0 Å². The fourth-order valence-electron chi connectivity index (χ4n) is 2.13. The molecule has 0 amide bonds. The second-order valence-electron chi connectivity index (χ2n) is 4.69. The number of H-pyrrole nitrogens is 1. The molecule has 0 unspecified atom stereocenters. The van der Waals surface area contributed by atoms with Crippen LogP contribution in [0.25, 0.3) is 0 Å². The molecular formula is C16H16N4. The average molecular weight is 264 g/mol. The van der Waals surface area contributed by atoms with Gasteiger partial charge in [-0.3, -0.25) is 5.10 Å². The Morgan fingerprint density at radius 3 is 2.30 bits per heavy atom. The molecule has 0 aliphatic carbocycles. The summed E-state index contributed by atoms with van der Waals surface area (Å²) in [6, 6.07) is 19.8. The van der Waals surface area contributed by atoms with Crippen LogP contribution < -0.4 is 5.73 Å². The summed E-state index contributed by atoms with van der Waals surface area (Å²) in [4.78, 5) is 4.49. The van der Waals surface area contributed by atoms with Crippen LogP contribution in [-0.2, 0) is 6.42 Å². The Morgan fingerprint density at radius 1 is 0.950 bits per heavy atom. The minimum Gasteiger partial charge on any atom is -0.318 e. The highest BCUT2D eigenvalue weighted by Gasteiger charge is 2.13. The summed E-state index contributed by atoms with van der Waals surface area (Å²) in [6.07, 6.45) is 0.707. The van der Waals surface area contributed by atoms with Crippen molar-refractivity contribution in [2.45, 2.75) is 12.5 Å². The molecular weight excluding hydrogens is 248 g/mol. The third-order valence-electron chi connectivity index (χ3n) is 3.21. The van der Waals surface area contributed by atoms with Gasteiger partial charge in [-0.1, -0.05) is 60.7 Å². The smallest absolute Gasteiger partial charge is 0.155 e. The van der Waals surface area contributed by atoms with E-state index < -0.39 is 0 Å². The van der Waals surface area contributed by atoms with Crippen LogP contribution in [0.5, 0.6) is 0 Å². The number of nitrogens with zero attached hydrogens (tertiary/aromatic N) is 2. The highest BCUT2D eigenvalue weighted by molar-refractivity contribution is 5.24. The maximum absolute atomic E-state index is 6.19. The van der Waals surface area contributed by atoms with Crippen molar-refractivity contribution < 1.29 is 0 Å². The third-order valence-corrected chi connectivity index (χ3v) is 3.21. The van der Waals surface area contributed by atoms with Gasteiger partial charge in [0, 0.05) is 6.42 Å². The van der Waals surface area contributed by atoms with Crippen LogP contribution in [0.1, 0.15) is 28.8 Å². The molecule has 0 bridgehead atoms. The molecule has 3 N–H and O–H groups in total. The number of hydrogen-bond donors (Lipinski definition) is 2. The molecule has 0 saturated carbocycles. The van der Waals surface area contributed by atoms with Gasteiger partial charge in [-0.2, -0.15) is 5.10 Å². The van der Waals surface area contributed by atoms with Gasteiger partial charge in [0.2, 0.25) is 0 Å². The predicted octanol–water partition coefficient (Wildman–Crippen LogP) is 2.44. The van der Waals surface area contributed by atoms with Crippen LogP contribution in [0, 0.1) is 0 Å². The molecule has 1 heterocycles. The first-order valence-corrected chi connectivity index (χ1v) is 6.58. The van der Waals surface area contributed by atoms with Gasteiger partial charge in [-0.05, 0) is 11.1 Å². The molecule has 4 nitrogen and oxygen atoms in total. The van der Waals surface area contributed by atoms with Crippen LogP contribution in [0.4, 0.5) is 0 Å². The van der Waals surface area contributed by atoms with Crippen LogP contribution in [0.3, 0.4) is 0 Å². The minimum absolute atomic E-state index is 0.270. The number of aromatic amines is 1. The quantitative estimate of drug-likeness (QED) is 0.760. The second-order valence-corrected chi connectivity index (χ2v) is 4.69. The number of benzene rings is 2. The zero-order chi connectivity index (χ0) is 13.8. The lowest BCUT2D eigenvalue weighted by Gasteiger charge is -2.07. The summed E-state index contributed by atoms with van der Waals surface area (Å²) in [5.74, 6) is 1.46. The van der Waals surface area contributed by atoms with Crippen molar-refractivity contribution in [3.63, 3.8) is 0 Å². The standard InChI is InChI=1S/C16H16N4/c17-15(13-9-5-2-6-10-13)16-18-14(19-20-16)11-12-7-3-1-4-8-12/h1-10,15H,11,17H2,(H,18,19,20)/t15-/m1/s1. The highest BCUT2D eigenvalue weighted by atomic mass is 15.2. The summed E-state index contributed by atoms with van der Waals surface area (Å²) < 4.78 is 0. The minimum atomic E-state index is -0.270. The Kier molecular flexibility index (Phi) is 3.56. The number of nitrogens with one attached hydrogen (secondary N) is 1. The van der Waals surface area contributed by atoms with Gasteiger partial charge in [-0.25, -0.2) is 4.98 Å². The maximum Gasteiger partial charge on any atom is 0.155 e. The van der Waals surface area contributed by atoms with Crippen molar-refractivity contribution in [3.05, 3.63) is 83.4 Å². The lowest BCUT2D eigenvalue weighted by atomic mass is 10.1. The highest BCUT2D eigenvalue weighted by Crippen LogP contribution is 2.16. The van der Waals surface area contributed by atoms with E-state index in [0.717, 1.165) is 11.4 Å². The Labute approximate surface area is 117 Å². The van der Waals surface area contributed by atoms with Crippen molar-refractivity contribution >= 4 is 0 Å². The summed E-state index contributed by atoms with van der Waals surface area (Å²) in [7, 11) is 0. The van der Waals surface area contributed by atoms with Gasteiger partial charge in [0.25, 0.3) is 0 Å². The molecule has 100 valence electrons. The van der Waals surface area contributed by atoms with E-state index in [-0.39, 0.29) is 6.04 Å². The Bertz CT molecular complexity index is 661. The van der Waals surface area contributed by atoms with Crippen LogP contribution in [-0.4, -0.2) is 15.2 Å². The van der Waals surface area contributed by atoms with Crippen molar-refractivity contribution in [1.29, 1.82) is 0 Å². The molecule has 0 radical (unpaired) electrons. The number of nitrogens with two attached hydrogens (primary N) is 1. The fourth-order valence-corrected chi connectivity index (χ4v) is 2.13. The molecule has 3 rings (SSSR count). The molecule has 0 saturated heterocycles. The molecule has 2 aromatic carbocycles. The Morgan fingerprint density at radius 2 is 1.60 bits per heavy atom. The summed E-state index contributed by atoms with van der Waals surface area (Å²) >= 11 is 0. The Balaban J connectivity index is 1.77. The van der Waals surface area contributed by atoms with E-state index in [1.165, 1.54) is 5.56 Å². The van der Waals surface area contributed by atoms with Gasteiger partial charge in [-0.15, -0.1) is 0 Å². The zero-order valence-electron chi connectivity index (χ0n) is 11.0. The topological polar surface area (TPSA) is 67.6 Å². The number of hydrogen-bond acceptors (Lipinski definition) is 3. The number of aromatic nitrogens is 3. The first-order chi connectivity index (χ1) is 9.83. The van der Waals surface area contributed by atoms with Gasteiger partial charge >= 0.3 is 0 Å². The van der Waals surface area contributed by atoms with Crippen LogP contribution in [0.15, 0.2) is 60.7 Å². The Hall–Kier alpha value is -2.46. The van der Waals surface area contributed by atoms with Crippen LogP contribution >= 0.6 is 0 Å². The lowest BCUT2D eigenvalue weighted by molar-refractivity contribution is 0.787. The van der Waals surface area contributed by atoms with E-state index in [1.54, 1.807) is 0 Å². The van der Waals surface area contributed by atoms with Gasteiger partial charge in [0.05, 0.1) is 6.04 Å². The van der Waals surface area contributed by atoms with E-state index in [0.29, 0.717) is 12.2 Å². The van der Waals surface area contributed by atoms with Crippen molar-refractivity contribution in [3.8, 4) is 0 Å². The van der Waals surface area contributed by atoms with E-state index in [9.17, 15) is 0 Å². The SMILES string of the molecule is N[C@H](c1ccccc1)c1nc(Cc2ccccc2)n[nH]1. The average Bonchev–Trinajstić information content (AvgIpc) is 2.97. The maximum atomic E-state index is 6.19. The molecule has 20 heavy (non-hydrogen) atoms. The number of rotatable bonds is 4. The summed E-state index contributed by atoms with van der Waals surface area (Å²) in [6.45, 7) is 0. The first kappa shape index (κ1) is 12.6. The largest absolute Gasteiger partial charge is 0.318 e. The molecule has 1 aromatic heterocycles. The van der Waals surface area contributed by atoms with E-state index in [1.807, 2.05) is 48.5 Å². The molecule has 4 heteroatoms. The molecule has 0 spiro atoms. The molecule has 1 atom stereocenters. The van der Waals surface area contributed by atoms with Crippen molar-refractivity contribution in [2.24, 2.45) is 5.73 Å². The van der Waals surface area contributed by atoms with Crippen LogP contribution in [0.2, 0.25) is 0 Å². The monoisotopic (exact) mass is 264 g/mol. The van der Waals surface area contributed by atoms with Gasteiger partial charge in [0.1, 0.15) is 5.82 Å². The normalized spacial score (nSPS) is 12.2. The third kappa shape index (κ3) is 2.75. The van der Waals surface area contributed by atoms with E-state index in [2.05, 4.69) is 27.3 Å². The summed E-state index contributed by atoms with van der Waals surface area (Å²) in [5.41, 5.74) is 8.40. The predicted molar refractivity (Wildman–Crippen MR) is 78.1 cm³/mol. The zero-order valence-corrected chi connectivity index (χ0v) is 11.0. The molecule has 0 aliphatic rings. The second kappa shape index (κ2) is 5.67. The van der Waals surface area contributed by atoms with Gasteiger partial charge < -0.3 is 5.73 Å². The van der Waals surface area contributed by atoms with Gasteiger partial charge in [0.15, 0.2) is 5.82 Å². The van der Waals surface area contributed by atoms with Crippen molar-refractivity contribution in [1.82, 2.24) is 15.2 Å². The van der Waals surface area contributed by atoms with E-state index in [4.69, 9.17) is 5.73 Å². The first-order valence-electron chi connectivity index (χ1n) is 6.58.